The summed E-state index contributed by atoms with van der Waals surface area (Å²) in [5.41, 5.74) is 7.75. The number of nitrogens with zero attached hydrogens (tertiary/aromatic N) is 1. The number of methoxy groups -OCH3 is 1. The van der Waals surface area contributed by atoms with Crippen molar-refractivity contribution in [3.8, 4) is 23.0 Å². The molecule has 3 aromatic carbocycles. The van der Waals surface area contributed by atoms with Gasteiger partial charge >= 0.3 is 5.97 Å². The van der Waals surface area contributed by atoms with E-state index in [1.54, 1.807) is 0 Å². The first-order valence-corrected chi connectivity index (χ1v) is 11.7. The molecule has 1 fully saturated rings. The van der Waals surface area contributed by atoms with Crippen molar-refractivity contribution in [2.24, 2.45) is 0 Å². The van der Waals surface area contributed by atoms with Gasteiger partial charge in [-0.2, -0.15) is 0 Å². The van der Waals surface area contributed by atoms with E-state index < -0.39 is 12.1 Å². The van der Waals surface area contributed by atoms with Crippen molar-refractivity contribution in [2.45, 2.75) is 45.4 Å². The molecular formula is C30H31NO3. The van der Waals surface area contributed by atoms with Crippen LogP contribution >= 0.6 is 0 Å². The van der Waals surface area contributed by atoms with Crippen LogP contribution in [0.4, 0.5) is 0 Å². The minimum atomic E-state index is -0.692. The van der Waals surface area contributed by atoms with E-state index in [1.807, 2.05) is 17.0 Å². The fourth-order valence-corrected chi connectivity index (χ4v) is 4.68. The number of hydrogen-bond acceptors (Lipinski definition) is 4. The SMILES string of the molecule is COC(=O)C1C(O)CCCN1Cc1ccc(C#Cc2cccc(-c3ccccc3)c2C)c(C)c1. The average molecular weight is 454 g/mol. The number of piperidine rings is 1. The summed E-state index contributed by atoms with van der Waals surface area (Å²) < 4.78 is 4.93. The summed E-state index contributed by atoms with van der Waals surface area (Å²) in [7, 11) is 1.37. The Hall–Kier alpha value is -3.39. The van der Waals surface area contributed by atoms with E-state index in [2.05, 4.69) is 80.3 Å². The molecule has 34 heavy (non-hydrogen) atoms. The third-order valence-electron chi connectivity index (χ3n) is 6.57. The molecule has 1 heterocycles. The quantitative estimate of drug-likeness (QED) is 0.452. The molecule has 3 aromatic rings. The highest BCUT2D eigenvalue weighted by Crippen LogP contribution is 2.26. The first-order valence-electron chi connectivity index (χ1n) is 11.7. The molecule has 2 atom stereocenters. The Morgan fingerprint density at radius 2 is 1.79 bits per heavy atom. The Kier molecular flexibility index (Phi) is 7.47. The van der Waals surface area contributed by atoms with Crippen molar-refractivity contribution in [2.75, 3.05) is 13.7 Å². The second kappa shape index (κ2) is 10.7. The van der Waals surface area contributed by atoms with Crippen molar-refractivity contribution in [3.63, 3.8) is 0 Å². The highest BCUT2D eigenvalue weighted by molar-refractivity contribution is 5.76. The maximum atomic E-state index is 12.2. The van der Waals surface area contributed by atoms with Gasteiger partial charge in [-0.25, -0.2) is 0 Å². The van der Waals surface area contributed by atoms with Gasteiger partial charge in [-0.3, -0.25) is 9.69 Å². The van der Waals surface area contributed by atoms with Crippen molar-refractivity contribution in [1.29, 1.82) is 0 Å². The van der Waals surface area contributed by atoms with E-state index in [0.29, 0.717) is 13.0 Å². The van der Waals surface area contributed by atoms with E-state index in [9.17, 15) is 9.90 Å². The summed E-state index contributed by atoms with van der Waals surface area (Å²) in [4.78, 5) is 14.2. The monoisotopic (exact) mass is 453 g/mol. The molecular weight excluding hydrogens is 422 g/mol. The van der Waals surface area contributed by atoms with E-state index in [4.69, 9.17) is 4.74 Å². The lowest BCUT2D eigenvalue weighted by molar-refractivity contribution is -0.154. The first-order chi connectivity index (χ1) is 16.5. The van der Waals surface area contributed by atoms with Gasteiger partial charge in [0.2, 0.25) is 0 Å². The zero-order valence-corrected chi connectivity index (χ0v) is 20.0. The molecule has 0 bridgehead atoms. The number of hydrogen-bond donors (Lipinski definition) is 1. The van der Waals surface area contributed by atoms with Crippen LogP contribution in [0.25, 0.3) is 11.1 Å². The fourth-order valence-electron chi connectivity index (χ4n) is 4.68. The molecule has 2 unspecified atom stereocenters. The minimum Gasteiger partial charge on any atom is -0.468 e. The van der Waals surface area contributed by atoms with Crippen LogP contribution in [-0.2, 0) is 16.1 Å². The van der Waals surface area contributed by atoms with Crippen molar-refractivity contribution < 1.29 is 14.6 Å². The Morgan fingerprint density at radius 3 is 2.53 bits per heavy atom. The molecule has 0 aromatic heterocycles. The lowest BCUT2D eigenvalue weighted by Gasteiger charge is -2.37. The van der Waals surface area contributed by atoms with Gasteiger partial charge in [0, 0.05) is 17.7 Å². The van der Waals surface area contributed by atoms with Gasteiger partial charge in [0.1, 0.15) is 6.04 Å². The number of carbonyl (C=O) groups excluding carboxylic acids is 1. The molecule has 0 saturated carbocycles. The van der Waals surface area contributed by atoms with E-state index in [0.717, 1.165) is 35.2 Å². The van der Waals surface area contributed by atoms with Gasteiger partial charge in [0.25, 0.3) is 0 Å². The topological polar surface area (TPSA) is 49.8 Å². The highest BCUT2D eigenvalue weighted by atomic mass is 16.5. The van der Waals surface area contributed by atoms with Crippen LogP contribution < -0.4 is 0 Å². The minimum absolute atomic E-state index is 0.375. The van der Waals surface area contributed by atoms with Crippen LogP contribution in [-0.4, -0.2) is 41.8 Å². The van der Waals surface area contributed by atoms with Crippen LogP contribution in [0.5, 0.6) is 0 Å². The average Bonchev–Trinajstić information content (AvgIpc) is 2.84. The number of aliphatic hydroxyl groups is 1. The maximum Gasteiger partial charge on any atom is 0.325 e. The molecule has 0 spiro atoms. The molecule has 4 nitrogen and oxygen atoms in total. The number of ether oxygens (including phenoxy) is 1. The van der Waals surface area contributed by atoms with Crippen molar-refractivity contribution in [3.05, 3.63) is 94.5 Å². The summed E-state index contributed by atoms with van der Waals surface area (Å²) in [6, 6.07) is 22.2. The first kappa shape index (κ1) is 23.8. The summed E-state index contributed by atoms with van der Waals surface area (Å²) in [6.45, 7) is 5.52. The Bertz CT molecular complexity index is 1220. The third-order valence-corrected chi connectivity index (χ3v) is 6.57. The summed E-state index contributed by atoms with van der Waals surface area (Å²) in [6.07, 6.45) is 0.787. The fraction of sp³-hybridized carbons (Fsp3) is 0.300. The van der Waals surface area contributed by atoms with Gasteiger partial charge in [-0.15, -0.1) is 0 Å². The van der Waals surface area contributed by atoms with E-state index in [1.165, 1.54) is 23.8 Å². The predicted octanol–water partition coefficient (Wildman–Crippen LogP) is 4.87. The number of benzene rings is 3. The van der Waals surface area contributed by atoms with Crippen LogP contribution in [0, 0.1) is 25.7 Å². The zero-order chi connectivity index (χ0) is 24.1. The van der Waals surface area contributed by atoms with Crippen molar-refractivity contribution in [1.82, 2.24) is 4.90 Å². The maximum absolute atomic E-state index is 12.2. The normalized spacial score (nSPS) is 18.1. The third kappa shape index (κ3) is 5.22. The molecule has 1 aliphatic rings. The second-order valence-corrected chi connectivity index (χ2v) is 8.89. The summed E-state index contributed by atoms with van der Waals surface area (Å²) >= 11 is 0. The zero-order valence-electron chi connectivity index (χ0n) is 20.0. The Balaban J connectivity index is 1.54. The standard InChI is InChI=1S/C30H31NO3/c1-21-19-23(20-31-18-8-13-28(32)29(31)30(33)34-3)14-15-24(21)16-17-25-11-7-12-27(22(25)2)26-9-5-4-6-10-26/h4-7,9-12,14-15,19,28-29,32H,8,13,18,20H2,1-3H3. The molecule has 1 saturated heterocycles. The highest BCUT2D eigenvalue weighted by Gasteiger charge is 2.36. The number of aliphatic hydroxyl groups excluding tert-OH is 1. The smallest absolute Gasteiger partial charge is 0.325 e. The van der Waals surface area contributed by atoms with E-state index >= 15 is 0 Å². The molecule has 0 radical (unpaired) electrons. The molecule has 0 amide bonds. The number of esters is 1. The van der Waals surface area contributed by atoms with Gasteiger partial charge in [-0.1, -0.05) is 66.4 Å². The summed E-state index contributed by atoms with van der Waals surface area (Å²) in [5.74, 6) is 6.33. The number of likely N-dealkylation sites (tertiary alicyclic amines) is 1. The van der Waals surface area contributed by atoms with Gasteiger partial charge in [0.15, 0.2) is 0 Å². The van der Waals surface area contributed by atoms with Crippen LogP contribution in [0.15, 0.2) is 66.7 Å². The Morgan fingerprint density at radius 1 is 1.03 bits per heavy atom. The molecule has 0 aliphatic carbocycles. The predicted molar refractivity (Wildman–Crippen MR) is 135 cm³/mol. The summed E-state index contributed by atoms with van der Waals surface area (Å²) in [5, 5.41) is 10.3. The second-order valence-electron chi connectivity index (χ2n) is 8.89. The molecule has 4 heteroatoms. The number of rotatable bonds is 4. The van der Waals surface area contributed by atoms with E-state index in [-0.39, 0.29) is 5.97 Å². The van der Waals surface area contributed by atoms with Crippen LogP contribution in [0.2, 0.25) is 0 Å². The molecule has 4 rings (SSSR count). The van der Waals surface area contributed by atoms with Gasteiger partial charge in [-0.05, 0) is 73.2 Å². The lowest BCUT2D eigenvalue weighted by Crippen LogP contribution is -2.52. The van der Waals surface area contributed by atoms with Crippen LogP contribution in [0.1, 0.15) is 40.7 Å². The lowest BCUT2D eigenvalue weighted by atomic mass is 9.96. The van der Waals surface area contributed by atoms with Crippen molar-refractivity contribution >= 4 is 5.97 Å². The Labute approximate surface area is 202 Å². The number of carbonyl (C=O) groups is 1. The molecule has 174 valence electrons. The van der Waals surface area contributed by atoms with Gasteiger partial charge in [0.05, 0.1) is 13.2 Å². The molecule has 1 N–H and O–H groups in total. The van der Waals surface area contributed by atoms with Crippen LogP contribution in [0.3, 0.4) is 0 Å². The molecule has 1 aliphatic heterocycles. The van der Waals surface area contributed by atoms with Gasteiger partial charge < -0.3 is 9.84 Å². The number of aryl methyl sites for hydroxylation is 1. The largest absolute Gasteiger partial charge is 0.468 e.